The number of aromatic nitrogens is 3. The van der Waals surface area contributed by atoms with Gasteiger partial charge in [-0.05, 0) is 0 Å². The predicted octanol–water partition coefficient (Wildman–Crippen LogP) is -0.0912. The van der Waals surface area contributed by atoms with Crippen LogP contribution in [0.5, 0.6) is 0 Å². The van der Waals surface area contributed by atoms with Gasteiger partial charge in [0.1, 0.15) is 0 Å². The number of aromatic amines is 1. The highest BCUT2D eigenvalue weighted by Gasteiger charge is 2.15. The van der Waals surface area contributed by atoms with Gasteiger partial charge in [-0.3, -0.25) is 0 Å². The number of allylic oxidation sites excluding steroid dienone is 2. The standard InChI is InChI=1S/C12H18N4O2/c1-8(2)13-9-4-6-10(7-5-9)16-12(18)15(3)11(17)14-16/h4-10,13H,1-3H3,(H,14,17). The lowest BCUT2D eigenvalue weighted by molar-refractivity contribution is 0.547. The van der Waals surface area contributed by atoms with E-state index in [2.05, 4.69) is 24.3 Å². The number of nitrogens with one attached hydrogen (secondary N) is 2. The van der Waals surface area contributed by atoms with E-state index in [9.17, 15) is 9.59 Å². The molecule has 1 aliphatic carbocycles. The molecule has 0 saturated heterocycles. The number of hydrogen-bond acceptors (Lipinski definition) is 3. The SMILES string of the molecule is CC(C)NC1C=CC(n2[nH]c(=O)n(C)c2=O)C=C1. The molecular formula is C12H18N4O2. The van der Waals surface area contributed by atoms with Gasteiger partial charge in [0.05, 0.1) is 6.04 Å². The third-order valence-electron chi connectivity index (χ3n) is 2.87. The van der Waals surface area contributed by atoms with Crippen molar-refractivity contribution < 1.29 is 0 Å². The molecule has 0 bridgehead atoms. The van der Waals surface area contributed by atoms with Crippen LogP contribution in [-0.4, -0.2) is 26.4 Å². The third-order valence-corrected chi connectivity index (χ3v) is 2.87. The fourth-order valence-electron chi connectivity index (χ4n) is 1.94. The second-order valence-corrected chi connectivity index (χ2v) is 4.74. The van der Waals surface area contributed by atoms with Gasteiger partial charge in [-0.2, -0.15) is 0 Å². The van der Waals surface area contributed by atoms with Crippen LogP contribution >= 0.6 is 0 Å². The van der Waals surface area contributed by atoms with Gasteiger partial charge in [0.25, 0.3) is 0 Å². The smallest absolute Gasteiger partial charge is 0.305 e. The first-order valence-electron chi connectivity index (χ1n) is 5.99. The molecule has 0 aromatic carbocycles. The van der Waals surface area contributed by atoms with Crippen LogP contribution in [0.15, 0.2) is 33.9 Å². The zero-order valence-electron chi connectivity index (χ0n) is 10.8. The highest BCUT2D eigenvalue weighted by atomic mass is 16.2. The summed E-state index contributed by atoms with van der Waals surface area (Å²) in [7, 11) is 1.46. The Balaban J connectivity index is 2.19. The van der Waals surface area contributed by atoms with Gasteiger partial charge >= 0.3 is 11.4 Å². The van der Waals surface area contributed by atoms with Gasteiger partial charge in [-0.15, -0.1) is 0 Å². The lowest BCUT2D eigenvalue weighted by Gasteiger charge is -2.19. The second kappa shape index (κ2) is 4.81. The van der Waals surface area contributed by atoms with Crippen LogP contribution in [0.3, 0.4) is 0 Å². The van der Waals surface area contributed by atoms with Crippen molar-refractivity contribution in [2.75, 3.05) is 0 Å². The quantitative estimate of drug-likeness (QED) is 0.736. The van der Waals surface area contributed by atoms with Crippen LogP contribution in [-0.2, 0) is 7.05 Å². The van der Waals surface area contributed by atoms with Crippen LogP contribution in [0.4, 0.5) is 0 Å². The fraction of sp³-hybridized carbons (Fsp3) is 0.500. The Morgan fingerprint density at radius 2 is 1.83 bits per heavy atom. The molecule has 1 aliphatic rings. The first-order valence-corrected chi connectivity index (χ1v) is 5.99. The Morgan fingerprint density at radius 1 is 1.22 bits per heavy atom. The molecular weight excluding hydrogens is 232 g/mol. The average Bonchev–Trinajstić information content (AvgIpc) is 2.57. The summed E-state index contributed by atoms with van der Waals surface area (Å²) < 4.78 is 2.38. The van der Waals surface area contributed by atoms with E-state index < -0.39 is 5.69 Å². The minimum absolute atomic E-state index is 0.174. The maximum atomic E-state index is 11.8. The molecule has 0 amide bonds. The van der Waals surface area contributed by atoms with Gasteiger partial charge in [0.2, 0.25) is 0 Å². The normalized spacial score (nSPS) is 22.9. The van der Waals surface area contributed by atoms with Crippen molar-refractivity contribution in [2.45, 2.75) is 32.0 Å². The van der Waals surface area contributed by atoms with E-state index >= 15 is 0 Å². The van der Waals surface area contributed by atoms with Crippen LogP contribution in [0, 0.1) is 0 Å². The Labute approximate surface area is 105 Å². The Bertz CT molecular complexity index is 574. The van der Waals surface area contributed by atoms with Crippen molar-refractivity contribution in [2.24, 2.45) is 7.05 Å². The molecule has 18 heavy (non-hydrogen) atoms. The van der Waals surface area contributed by atoms with Crippen molar-refractivity contribution in [3.63, 3.8) is 0 Å². The van der Waals surface area contributed by atoms with E-state index in [0.717, 1.165) is 4.57 Å². The molecule has 0 radical (unpaired) electrons. The van der Waals surface area contributed by atoms with Gasteiger partial charge in [0, 0.05) is 19.1 Å². The van der Waals surface area contributed by atoms with Crippen LogP contribution in [0.2, 0.25) is 0 Å². The summed E-state index contributed by atoms with van der Waals surface area (Å²) >= 11 is 0. The zero-order chi connectivity index (χ0) is 13.3. The summed E-state index contributed by atoms with van der Waals surface area (Å²) in [5.74, 6) is 0. The largest absolute Gasteiger partial charge is 0.347 e. The number of hydrogen-bond donors (Lipinski definition) is 2. The van der Waals surface area contributed by atoms with Crippen LogP contribution in [0.1, 0.15) is 19.9 Å². The van der Waals surface area contributed by atoms with E-state index in [1.165, 1.54) is 11.7 Å². The predicted molar refractivity (Wildman–Crippen MR) is 69.7 cm³/mol. The molecule has 0 fully saturated rings. The second-order valence-electron chi connectivity index (χ2n) is 4.74. The molecule has 0 saturated carbocycles. The monoisotopic (exact) mass is 250 g/mol. The molecule has 2 N–H and O–H groups in total. The summed E-state index contributed by atoms with van der Waals surface area (Å²) in [6.07, 6.45) is 7.78. The molecule has 1 aromatic heterocycles. The van der Waals surface area contributed by atoms with Crippen molar-refractivity contribution in [1.29, 1.82) is 0 Å². The third kappa shape index (κ3) is 2.38. The first-order chi connectivity index (χ1) is 8.49. The molecule has 0 spiro atoms. The van der Waals surface area contributed by atoms with Crippen molar-refractivity contribution in [3.05, 3.63) is 45.3 Å². The lowest BCUT2D eigenvalue weighted by Crippen LogP contribution is -2.34. The molecule has 2 rings (SSSR count). The first kappa shape index (κ1) is 12.6. The summed E-state index contributed by atoms with van der Waals surface area (Å²) in [4.78, 5) is 23.1. The number of rotatable bonds is 3. The van der Waals surface area contributed by atoms with E-state index in [0.29, 0.717) is 6.04 Å². The summed E-state index contributed by atoms with van der Waals surface area (Å²) in [6, 6.07) is 0.337. The molecule has 0 unspecified atom stereocenters. The number of H-pyrrole nitrogens is 1. The lowest BCUT2D eigenvalue weighted by atomic mass is 10.1. The van der Waals surface area contributed by atoms with Crippen LogP contribution < -0.4 is 16.7 Å². The molecule has 6 nitrogen and oxygen atoms in total. The average molecular weight is 250 g/mol. The highest BCUT2D eigenvalue weighted by Crippen LogP contribution is 2.12. The Morgan fingerprint density at radius 3 is 2.28 bits per heavy atom. The minimum Gasteiger partial charge on any atom is -0.305 e. The van der Waals surface area contributed by atoms with E-state index in [1.807, 2.05) is 24.3 Å². The molecule has 1 heterocycles. The Hall–Kier alpha value is -1.82. The Kier molecular flexibility index (Phi) is 3.38. The molecule has 0 aliphatic heterocycles. The molecule has 0 atom stereocenters. The van der Waals surface area contributed by atoms with E-state index in [4.69, 9.17) is 0 Å². The van der Waals surface area contributed by atoms with E-state index in [1.54, 1.807) is 0 Å². The number of nitrogens with zero attached hydrogens (tertiary/aromatic N) is 2. The molecule has 98 valence electrons. The van der Waals surface area contributed by atoms with Crippen molar-refractivity contribution >= 4 is 0 Å². The van der Waals surface area contributed by atoms with Gasteiger partial charge in [-0.1, -0.05) is 38.2 Å². The van der Waals surface area contributed by atoms with Crippen LogP contribution in [0.25, 0.3) is 0 Å². The van der Waals surface area contributed by atoms with Gasteiger partial charge in [-0.25, -0.2) is 23.9 Å². The van der Waals surface area contributed by atoms with Crippen molar-refractivity contribution in [1.82, 2.24) is 19.7 Å². The maximum Gasteiger partial charge on any atom is 0.347 e. The topological polar surface area (TPSA) is 71.8 Å². The van der Waals surface area contributed by atoms with Gasteiger partial charge in [0.15, 0.2) is 0 Å². The summed E-state index contributed by atoms with van der Waals surface area (Å²) in [5, 5.41) is 5.87. The maximum absolute atomic E-state index is 11.8. The highest BCUT2D eigenvalue weighted by molar-refractivity contribution is 5.19. The summed E-state index contributed by atoms with van der Waals surface area (Å²) in [6.45, 7) is 4.15. The van der Waals surface area contributed by atoms with E-state index in [-0.39, 0.29) is 17.8 Å². The minimum atomic E-state index is -0.399. The van der Waals surface area contributed by atoms with Gasteiger partial charge < -0.3 is 5.32 Å². The fourth-order valence-corrected chi connectivity index (χ4v) is 1.94. The molecule has 1 aromatic rings. The van der Waals surface area contributed by atoms with Crippen molar-refractivity contribution in [3.8, 4) is 0 Å². The summed E-state index contributed by atoms with van der Waals surface area (Å²) in [5.41, 5.74) is -0.737. The molecule has 6 heteroatoms. The zero-order valence-corrected chi connectivity index (χ0v) is 10.8.